The largest absolute Gasteiger partial charge is 0.480 e. The summed E-state index contributed by atoms with van der Waals surface area (Å²) in [6, 6.07) is 0. The van der Waals surface area contributed by atoms with Gasteiger partial charge in [-0.2, -0.15) is 0 Å². The average Bonchev–Trinajstić information content (AvgIpc) is 2.68. The molecule has 0 bridgehead atoms. The van der Waals surface area contributed by atoms with Crippen molar-refractivity contribution in [2.45, 2.75) is 57.9 Å². The van der Waals surface area contributed by atoms with Crippen molar-refractivity contribution in [1.29, 1.82) is 0 Å². The van der Waals surface area contributed by atoms with E-state index in [-0.39, 0.29) is 0 Å². The Balaban J connectivity index is 2.06. The van der Waals surface area contributed by atoms with E-state index < -0.39 is 11.5 Å². The maximum atomic E-state index is 11.5. The van der Waals surface area contributed by atoms with Crippen LogP contribution in [-0.4, -0.2) is 34.6 Å². The van der Waals surface area contributed by atoms with Crippen molar-refractivity contribution in [2.24, 2.45) is 5.41 Å². The lowest BCUT2D eigenvalue weighted by Gasteiger charge is -2.56. The number of carbonyl (C=O) groups is 1. The highest BCUT2D eigenvalue weighted by atomic mass is 16.4. The van der Waals surface area contributed by atoms with Gasteiger partial charge in [-0.3, -0.25) is 9.69 Å². The number of carboxylic acid groups (broad SMARTS) is 1. The van der Waals surface area contributed by atoms with Crippen molar-refractivity contribution in [3.8, 4) is 0 Å². The van der Waals surface area contributed by atoms with E-state index in [1.807, 2.05) is 0 Å². The van der Waals surface area contributed by atoms with Crippen molar-refractivity contribution in [3.63, 3.8) is 0 Å². The van der Waals surface area contributed by atoms with E-state index >= 15 is 0 Å². The second-order valence-electron chi connectivity index (χ2n) is 5.61. The molecule has 0 aromatic rings. The zero-order chi connectivity index (χ0) is 11.8. The minimum absolute atomic E-state index is 0.408. The van der Waals surface area contributed by atoms with Crippen molar-refractivity contribution in [3.05, 3.63) is 0 Å². The van der Waals surface area contributed by atoms with Gasteiger partial charge < -0.3 is 5.11 Å². The molecule has 2 fully saturated rings. The molecule has 0 radical (unpaired) electrons. The summed E-state index contributed by atoms with van der Waals surface area (Å²) >= 11 is 0. The van der Waals surface area contributed by atoms with Gasteiger partial charge in [0.15, 0.2) is 0 Å². The molecule has 1 aliphatic carbocycles. The van der Waals surface area contributed by atoms with Gasteiger partial charge in [-0.25, -0.2) is 0 Å². The van der Waals surface area contributed by atoms with Crippen LogP contribution in [0.4, 0.5) is 0 Å². The van der Waals surface area contributed by atoms with Crippen LogP contribution >= 0.6 is 0 Å². The summed E-state index contributed by atoms with van der Waals surface area (Å²) in [5.41, 5.74) is -0.0983. The summed E-state index contributed by atoms with van der Waals surface area (Å²) in [6.07, 6.45) is 6.21. The van der Waals surface area contributed by atoms with Gasteiger partial charge in [0.2, 0.25) is 0 Å². The van der Waals surface area contributed by atoms with Crippen LogP contribution < -0.4 is 0 Å². The van der Waals surface area contributed by atoms with E-state index in [9.17, 15) is 9.90 Å². The van der Waals surface area contributed by atoms with Crippen LogP contribution in [0.3, 0.4) is 0 Å². The molecule has 1 aliphatic heterocycles. The van der Waals surface area contributed by atoms with E-state index in [0.717, 1.165) is 38.8 Å². The zero-order valence-corrected chi connectivity index (χ0v) is 10.5. The van der Waals surface area contributed by atoms with Crippen molar-refractivity contribution in [1.82, 2.24) is 4.90 Å². The number of hydrogen-bond acceptors (Lipinski definition) is 2. The maximum absolute atomic E-state index is 11.5. The molecule has 0 atom stereocenters. The van der Waals surface area contributed by atoms with Gasteiger partial charge in [0, 0.05) is 13.1 Å². The fraction of sp³-hybridized carbons (Fsp3) is 0.923. The van der Waals surface area contributed by atoms with Crippen LogP contribution in [0.15, 0.2) is 0 Å². The SMILES string of the molecule is CCC1(CC)CN(C2(C(=O)O)CCCC2)C1. The second-order valence-corrected chi connectivity index (χ2v) is 5.61. The Kier molecular flexibility index (Phi) is 2.99. The molecule has 16 heavy (non-hydrogen) atoms. The van der Waals surface area contributed by atoms with Gasteiger partial charge in [-0.15, -0.1) is 0 Å². The molecule has 3 heteroatoms. The topological polar surface area (TPSA) is 40.5 Å². The van der Waals surface area contributed by atoms with Gasteiger partial charge >= 0.3 is 5.97 Å². The summed E-state index contributed by atoms with van der Waals surface area (Å²) < 4.78 is 0. The Morgan fingerprint density at radius 3 is 2.06 bits per heavy atom. The normalized spacial score (nSPS) is 27.6. The van der Waals surface area contributed by atoms with E-state index in [1.165, 1.54) is 12.8 Å². The third-order valence-corrected chi connectivity index (χ3v) is 4.99. The lowest BCUT2D eigenvalue weighted by Crippen LogP contribution is -2.66. The van der Waals surface area contributed by atoms with E-state index in [1.54, 1.807) is 0 Å². The predicted molar refractivity (Wildman–Crippen MR) is 63.4 cm³/mol. The van der Waals surface area contributed by atoms with Crippen molar-refractivity contribution < 1.29 is 9.90 Å². The molecule has 0 unspecified atom stereocenters. The molecule has 2 aliphatic rings. The Hall–Kier alpha value is -0.570. The molecule has 1 saturated heterocycles. The summed E-state index contributed by atoms with van der Waals surface area (Å²) in [4.78, 5) is 13.7. The molecule has 1 heterocycles. The summed E-state index contributed by atoms with van der Waals surface area (Å²) in [6.45, 7) is 6.43. The zero-order valence-electron chi connectivity index (χ0n) is 10.5. The number of likely N-dealkylation sites (tertiary alicyclic amines) is 1. The molecule has 0 aromatic heterocycles. The van der Waals surface area contributed by atoms with Gasteiger partial charge in [0.1, 0.15) is 5.54 Å². The molecule has 1 saturated carbocycles. The molecule has 3 nitrogen and oxygen atoms in total. The van der Waals surface area contributed by atoms with Crippen molar-refractivity contribution in [2.75, 3.05) is 13.1 Å². The highest BCUT2D eigenvalue weighted by Gasteiger charge is 2.54. The Labute approximate surface area is 97.8 Å². The van der Waals surface area contributed by atoms with E-state index in [2.05, 4.69) is 18.7 Å². The standard InChI is InChI=1S/C13H23NO2/c1-3-12(4-2)9-14(10-12)13(11(15)16)7-5-6-8-13/h3-10H2,1-2H3,(H,15,16). The number of carboxylic acids is 1. The lowest BCUT2D eigenvalue weighted by atomic mass is 9.72. The monoisotopic (exact) mass is 225 g/mol. The average molecular weight is 225 g/mol. The highest BCUT2D eigenvalue weighted by molar-refractivity contribution is 5.79. The molecule has 0 spiro atoms. The first-order valence-corrected chi connectivity index (χ1v) is 6.57. The van der Waals surface area contributed by atoms with Crippen LogP contribution in [0.25, 0.3) is 0 Å². The van der Waals surface area contributed by atoms with E-state index in [0.29, 0.717) is 5.41 Å². The van der Waals surface area contributed by atoms with Crippen molar-refractivity contribution >= 4 is 5.97 Å². The van der Waals surface area contributed by atoms with Gasteiger partial charge in [0.25, 0.3) is 0 Å². The first kappa shape index (κ1) is 11.9. The fourth-order valence-electron chi connectivity index (χ4n) is 3.39. The number of hydrogen-bond donors (Lipinski definition) is 1. The molecular formula is C13H23NO2. The predicted octanol–water partition coefficient (Wildman–Crippen LogP) is 2.51. The van der Waals surface area contributed by atoms with Crippen LogP contribution in [-0.2, 0) is 4.79 Å². The fourth-order valence-corrected chi connectivity index (χ4v) is 3.39. The summed E-state index contributed by atoms with van der Waals surface area (Å²) in [5, 5.41) is 9.47. The van der Waals surface area contributed by atoms with Gasteiger partial charge in [0.05, 0.1) is 0 Å². The number of nitrogens with zero attached hydrogens (tertiary/aromatic N) is 1. The molecular weight excluding hydrogens is 202 g/mol. The van der Waals surface area contributed by atoms with Crippen LogP contribution in [0, 0.1) is 5.41 Å². The molecule has 2 rings (SSSR count). The third kappa shape index (κ3) is 1.56. The molecule has 92 valence electrons. The maximum Gasteiger partial charge on any atom is 0.324 e. The van der Waals surface area contributed by atoms with Gasteiger partial charge in [-0.1, -0.05) is 26.7 Å². The third-order valence-electron chi connectivity index (χ3n) is 4.99. The van der Waals surface area contributed by atoms with Crippen LogP contribution in [0.2, 0.25) is 0 Å². The Morgan fingerprint density at radius 1 is 1.19 bits per heavy atom. The highest BCUT2D eigenvalue weighted by Crippen LogP contribution is 2.46. The van der Waals surface area contributed by atoms with Crippen LogP contribution in [0.5, 0.6) is 0 Å². The van der Waals surface area contributed by atoms with Gasteiger partial charge in [-0.05, 0) is 31.1 Å². The number of aliphatic carboxylic acids is 1. The first-order chi connectivity index (χ1) is 7.58. The lowest BCUT2D eigenvalue weighted by molar-refractivity contribution is -0.163. The molecule has 0 amide bonds. The first-order valence-electron chi connectivity index (χ1n) is 6.57. The summed E-state index contributed by atoms with van der Waals surface area (Å²) in [5.74, 6) is -0.592. The smallest absolute Gasteiger partial charge is 0.324 e. The van der Waals surface area contributed by atoms with E-state index in [4.69, 9.17) is 0 Å². The Bertz CT molecular complexity index is 270. The quantitative estimate of drug-likeness (QED) is 0.799. The van der Waals surface area contributed by atoms with Crippen LogP contribution in [0.1, 0.15) is 52.4 Å². The minimum Gasteiger partial charge on any atom is -0.480 e. The Morgan fingerprint density at radius 2 is 1.69 bits per heavy atom. The molecule has 1 N–H and O–H groups in total. The number of rotatable bonds is 4. The summed E-state index contributed by atoms with van der Waals surface area (Å²) in [7, 11) is 0. The minimum atomic E-state index is -0.592. The second kappa shape index (κ2) is 4.02. The molecule has 0 aromatic carbocycles.